The SMILES string of the molecule is CCO.C[C@@]1(C(=O)N[C@@H](CCC(=O)O)C(=O)O)CCCN1C(=O)CN.Cn1c(=O)c2c(ncn2C)n(C)c1=O. The number of hydrogen-bond acceptors (Lipinski definition) is 9. The Kier molecular flexibility index (Phi) is 12.0. The van der Waals surface area contributed by atoms with Crippen LogP contribution < -0.4 is 22.3 Å². The summed E-state index contributed by atoms with van der Waals surface area (Å²) in [6.07, 6.45) is 1.93. The number of aliphatic hydroxyl groups excluding tert-OH is 1. The fraction of sp³-hybridized carbons (Fsp3) is 0.609. The molecular formula is C23H37N7O9. The summed E-state index contributed by atoms with van der Waals surface area (Å²) in [5, 5.41) is 27.6. The normalized spacial score (nSPS) is 16.9. The van der Waals surface area contributed by atoms with Crippen LogP contribution in [0.25, 0.3) is 11.2 Å². The number of rotatable bonds is 7. The van der Waals surface area contributed by atoms with E-state index in [1.54, 1.807) is 32.5 Å². The lowest BCUT2D eigenvalue weighted by Crippen LogP contribution is -2.59. The van der Waals surface area contributed by atoms with E-state index in [2.05, 4.69) is 10.3 Å². The summed E-state index contributed by atoms with van der Waals surface area (Å²) < 4.78 is 4.04. The van der Waals surface area contributed by atoms with Gasteiger partial charge in [0.05, 0.1) is 12.9 Å². The van der Waals surface area contributed by atoms with Crippen LogP contribution in [0.2, 0.25) is 0 Å². The molecule has 16 heteroatoms. The minimum atomic E-state index is -1.31. The van der Waals surface area contributed by atoms with Crippen molar-refractivity contribution in [2.24, 2.45) is 26.9 Å². The number of aliphatic carboxylic acids is 2. The third-order valence-electron chi connectivity index (χ3n) is 6.17. The van der Waals surface area contributed by atoms with Crippen molar-refractivity contribution in [3.8, 4) is 0 Å². The number of aromatic nitrogens is 4. The standard InChI is InChI=1S/C13H21N3O6.C8H10N4O2.C2H6O/c1-13(5-2-6-16(13)9(17)7-14)12(22)15-8(11(20)21)3-4-10(18)19;1-10-4-9-6-5(10)7(13)12(3)8(14)11(6)2;1-2-3/h8H,2-7,14H2,1H3,(H,15,22)(H,18,19)(H,20,21);4H,1-3H3;3H,2H2,1H3/t8-,13-;;/m0../s1. The first-order valence-electron chi connectivity index (χ1n) is 12.1. The Hall–Kier alpha value is -4.05. The lowest BCUT2D eigenvalue weighted by atomic mass is 9.96. The highest BCUT2D eigenvalue weighted by Crippen LogP contribution is 2.29. The molecule has 39 heavy (non-hydrogen) atoms. The van der Waals surface area contributed by atoms with Gasteiger partial charge < -0.3 is 35.8 Å². The maximum Gasteiger partial charge on any atom is 0.332 e. The van der Waals surface area contributed by atoms with E-state index in [-0.39, 0.29) is 43.1 Å². The van der Waals surface area contributed by atoms with E-state index in [1.165, 1.54) is 22.8 Å². The summed E-state index contributed by atoms with van der Waals surface area (Å²) in [4.78, 5) is 74.4. The lowest BCUT2D eigenvalue weighted by molar-refractivity contribution is -0.147. The summed E-state index contributed by atoms with van der Waals surface area (Å²) in [5.41, 5.74) is 4.34. The van der Waals surface area contributed by atoms with E-state index in [0.29, 0.717) is 30.6 Å². The molecule has 0 aliphatic carbocycles. The Morgan fingerprint density at radius 3 is 2.26 bits per heavy atom. The molecule has 1 aliphatic heterocycles. The number of fused-ring (bicyclic) bond motifs is 1. The van der Waals surface area contributed by atoms with E-state index < -0.39 is 29.4 Å². The highest BCUT2D eigenvalue weighted by Gasteiger charge is 2.46. The van der Waals surface area contributed by atoms with Crippen molar-refractivity contribution < 1.29 is 34.5 Å². The number of imidazole rings is 1. The van der Waals surface area contributed by atoms with Crippen LogP contribution >= 0.6 is 0 Å². The van der Waals surface area contributed by atoms with E-state index in [9.17, 15) is 28.8 Å². The molecule has 2 atom stereocenters. The van der Waals surface area contributed by atoms with Crippen LogP contribution in [0.15, 0.2) is 15.9 Å². The third-order valence-corrected chi connectivity index (χ3v) is 6.17. The Morgan fingerprint density at radius 1 is 1.15 bits per heavy atom. The number of nitrogens with zero attached hydrogens (tertiary/aromatic N) is 5. The van der Waals surface area contributed by atoms with Gasteiger partial charge in [-0.2, -0.15) is 0 Å². The Bertz CT molecular complexity index is 1310. The highest BCUT2D eigenvalue weighted by molar-refractivity contribution is 5.94. The highest BCUT2D eigenvalue weighted by atomic mass is 16.4. The first kappa shape index (κ1) is 33.0. The second kappa shape index (κ2) is 14.2. The molecule has 1 fully saturated rings. The number of aryl methyl sites for hydroxylation is 2. The average Bonchev–Trinajstić information content (AvgIpc) is 3.47. The largest absolute Gasteiger partial charge is 0.481 e. The summed E-state index contributed by atoms with van der Waals surface area (Å²) in [7, 11) is 4.77. The van der Waals surface area contributed by atoms with E-state index in [0.717, 1.165) is 4.57 Å². The summed E-state index contributed by atoms with van der Waals surface area (Å²) in [6, 6.07) is -1.31. The molecule has 1 aliphatic rings. The average molecular weight is 556 g/mol. The van der Waals surface area contributed by atoms with Crippen LogP contribution in [0.3, 0.4) is 0 Å². The van der Waals surface area contributed by atoms with Crippen molar-refractivity contribution in [2.75, 3.05) is 19.7 Å². The van der Waals surface area contributed by atoms with Crippen molar-refractivity contribution in [2.45, 2.75) is 51.1 Å². The van der Waals surface area contributed by atoms with Crippen molar-refractivity contribution in [3.05, 3.63) is 27.2 Å². The molecule has 3 rings (SSSR count). The van der Waals surface area contributed by atoms with Gasteiger partial charge in [-0.05, 0) is 33.1 Å². The van der Waals surface area contributed by atoms with Gasteiger partial charge in [0.25, 0.3) is 5.56 Å². The number of hydrogen-bond donors (Lipinski definition) is 5. The van der Waals surface area contributed by atoms with Gasteiger partial charge >= 0.3 is 17.6 Å². The zero-order valence-corrected chi connectivity index (χ0v) is 22.7. The molecule has 6 N–H and O–H groups in total. The molecule has 0 bridgehead atoms. The van der Waals surface area contributed by atoms with Gasteiger partial charge in [-0.3, -0.25) is 28.3 Å². The van der Waals surface area contributed by atoms with E-state index in [1.807, 2.05) is 0 Å². The predicted octanol–water partition coefficient (Wildman–Crippen LogP) is -2.27. The zero-order chi connectivity index (χ0) is 30.1. The van der Waals surface area contributed by atoms with Crippen molar-refractivity contribution >= 4 is 34.9 Å². The van der Waals surface area contributed by atoms with Gasteiger partial charge in [-0.1, -0.05) is 0 Å². The number of carboxylic acids is 2. The van der Waals surface area contributed by atoms with Crippen molar-refractivity contribution in [1.82, 2.24) is 28.9 Å². The molecule has 218 valence electrons. The summed E-state index contributed by atoms with van der Waals surface area (Å²) in [6.45, 7) is 3.63. The number of carbonyl (C=O) groups excluding carboxylic acids is 2. The van der Waals surface area contributed by atoms with Crippen LogP contribution in [0.1, 0.15) is 39.5 Å². The fourth-order valence-corrected chi connectivity index (χ4v) is 4.02. The van der Waals surface area contributed by atoms with E-state index >= 15 is 0 Å². The predicted molar refractivity (Wildman–Crippen MR) is 139 cm³/mol. The fourth-order valence-electron chi connectivity index (χ4n) is 4.02. The van der Waals surface area contributed by atoms with Crippen LogP contribution in [-0.4, -0.2) is 93.9 Å². The monoisotopic (exact) mass is 555 g/mol. The topological polar surface area (TPSA) is 232 Å². The van der Waals surface area contributed by atoms with Gasteiger partial charge in [-0.15, -0.1) is 0 Å². The zero-order valence-electron chi connectivity index (χ0n) is 22.7. The summed E-state index contributed by atoms with van der Waals surface area (Å²) in [5.74, 6) is -3.45. The van der Waals surface area contributed by atoms with Crippen molar-refractivity contribution in [1.29, 1.82) is 0 Å². The number of aliphatic hydroxyl groups is 1. The second-order valence-corrected chi connectivity index (χ2v) is 8.97. The van der Waals surface area contributed by atoms with E-state index in [4.69, 9.17) is 21.1 Å². The second-order valence-electron chi connectivity index (χ2n) is 8.97. The Labute approximate surface area is 223 Å². The molecule has 16 nitrogen and oxygen atoms in total. The quantitative estimate of drug-likeness (QED) is 0.244. The maximum atomic E-state index is 12.4. The number of carbonyl (C=O) groups is 4. The molecule has 1 saturated heterocycles. The number of nitrogens with two attached hydrogens (primary N) is 1. The van der Waals surface area contributed by atoms with Crippen LogP contribution in [-0.2, 0) is 40.3 Å². The van der Waals surface area contributed by atoms with Gasteiger partial charge in [0, 0.05) is 40.7 Å². The molecule has 2 aromatic rings. The molecular weight excluding hydrogens is 518 g/mol. The first-order valence-corrected chi connectivity index (χ1v) is 12.1. The smallest absolute Gasteiger partial charge is 0.332 e. The van der Waals surface area contributed by atoms with Gasteiger partial charge in [0.2, 0.25) is 11.8 Å². The Balaban J connectivity index is 0.000000380. The summed E-state index contributed by atoms with van der Waals surface area (Å²) >= 11 is 0. The molecule has 2 amide bonds. The molecule has 3 heterocycles. The number of nitrogens with one attached hydrogen (secondary N) is 1. The number of carboxylic acid groups (broad SMARTS) is 2. The number of likely N-dealkylation sites (tertiary alicyclic amines) is 1. The first-order chi connectivity index (χ1) is 18.2. The molecule has 0 aromatic carbocycles. The molecule has 0 spiro atoms. The molecule has 0 radical (unpaired) electrons. The van der Waals surface area contributed by atoms with Crippen LogP contribution in [0.4, 0.5) is 0 Å². The van der Waals surface area contributed by atoms with Gasteiger partial charge in [0.1, 0.15) is 11.6 Å². The van der Waals surface area contributed by atoms with Gasteiger partial charge in [-0.25, -0.2) is 14.6 Å². The number of amides is 2. The molecule has 2 aromatic heterocycles. The van der Waals surface area contributed by atoms with Crippen molar-refractivity contribution in [3.63, 3.8) is 0 Å². The molecule has 0 unspecified atom stereocenters. The Morgan fingerprint density at radius 2 is 1.74 bits per heavy atom. The minimum Gasteiger partial charge on any atom is -0.481 e. The van der Waals surface area contributed by atoms with Gasteiger partial charge in [0.15, 0.2) is 11.2 Å². The molecule has 0 saturated carbocycles. The van der Waals surface area contributed by atoms with Crippen LogP contribution in [0.5, 0.6) is 0 Å². The minimum absolute atomic E-state index is 0.225. The van der Waals surface area contributed by atoms with Crippen LogP contribution in [0, 0.1) is 0 Å². The maximum absolute atomic E-state index is 12.4. The lowest BCUT2D eigenvalue weighted by Gasteiger charge is -2.34. The third kappa shape index (κ3) is 7.73.